The van der Waals surface area contributed by atoms with Crippen LogP contribution in [0.1, 0.15) is 0 Å². The van der Waals surface area contributed by atoms with Crippen LogP contribution in [0.15, 0.2) is 12.1 Å². The fourth-order valence-electron chi connectivity index (χ4n) is 1.59. The Morgan fingerprint density at radius 3 is 1.35 bits per heavy atom. The van der Waals surface area contributed by atoms with Gasteiger partial charge in [0.05, 0.1) is 5.56 Å². The zero-order valence-electron chi connectivity index (χ0n) is 9.38. The van der Waals surface area contributed by atoms with Crippen molar-refractivity contribution in [1.82, 2.24) is 0 Å². The zero-order valence-corrected chi connectivity index (χ0v) is 9.38. The molecular weight excluding hydrogens is 291 g/mol. The Morgan fingerprint density at radius 2 is 0.950 bits per heavy atom. The molecule has 106 valence electrons. The van der Waals surface area contributed by atoms with Crippen LogP contribution in [0.4, 0.5) is 36.4 Å². The van der Waals surface area contributed by atoms with Gasteiger partial charge in [-0.15, -0.1) is 0 Å². The average Bonchev–Trinajstić information content (AvgIpc) is 2.40. The molecule has 2 rings (SSSR count). The van der Waals surface area contributed by atoms with Crippen molar-refractivity contribution in [2.45, 2.75) is 0 Å². The lowest BCUT2D eigenvalue weighted by Crippen LogP contribution is -2.05. The van der Waals surface area contributed by atoms with Crippen LogP contribution in [0.3, 0.4) is 0 Å². The summed E-state index contributed by atoms with van der Waals surface area (Å²) in [5, 5.41) is 0. The van der Waals surface area contributed by atoms with Crippen molar-refractivity contribution in [2.75, 3.05) is 5.73 Å². The molecule has 0 aliphatic heterocycles. The third-order valence-corrected chi connectivity index (χ3v) is 2.58. The monoisotopic (exact) mass is 295 g/mol. The molecule has 0 fully saturated rings. The predicted octanol–water partition coefficient (Wildman–Crippen LogP) is 3.91. The summed E-state index contributed by atoms with van der Waals surface area (Å²) in [4.78, 5) is 0. The van der Waals surface area contributed by atoms with Crippen molar-refractivity contribution < 1.29 is 30.7 Å². The zero-order chi connectivity index (χ0) is 15.2. The van der Waals surface area contributed by atoms with Crippen molar-refractivity contribution in [3.05, 3.63) is 52.9 Å². The Bertz CT molecular complexity index is 659. The summed E-state index contributed by atoms with van der Waals surface area (Å²) in [7, 11) is 0. The summed E-state index contributed by atoms with van der Waals surface area (Å²) in [5.41, 5.74) is 1.72. The average molecular weight is 295 g/mol. The fraction of sp³-hybridized carbons (Fsp3) is 0. The minimum Gasteiger partial charge on any atom is -0.394 e. The van der Waals surface area contributed by atoms with Gasteiger partial charge in [-0.1, -0.05) is 0 Å². The number of rotatable bonds is 1. The van der Waals surface area contributed by atoms with E-state index >= 15 is 0 Å². The molecule has 20 heavy (non-hydrogen) atoms. The van der Waals surface area contributed by atoms with Gasteiger partial charge in [-0.3, -0.25) is 0 Å². The highest BCUT2D eigenvalue weighted by Crippen LogP contribution is 2.33. The van der Waals surface area contributed by atoms with Gasteiger partial charge in [0.25, 0.3) is 0 Å². The molecule has 0 radical (unpaired) electrons. The maximum atomic E-state index is 13.5. The van der Waals surface area contributed by atoms with E-state index in [4.69, 9.17) is 5.73 Å². The molecule has 2 aromatic carbocycles. The highest BCUT2D eigenvalue weighted by atomic mass is 19.2. The van der Waals surface area contributed by atoms with E-state index < -0.39 is 57.5 Å². The summed E-state index contributed by atoms with van der Waals surface area (Å²) in [6.07, 6.45) is 0. The van der Waals surface area contributed by atoms with Crippen LogP contribution in [0, 0.1) is 40.7 Å². The van der Waals surface area contributed by atoms with Crippen molar-refractivity contribution >= 4 is 5.69 Å². The molecule has 0 aliphatic carbocycles. The second-order valence-electron chi connectivity index (χ2n) is 3.80. The van der Waals surface area contributed by atoms with Gasteiger partial charge in [0.1, 0.15) is 17.3 Å². The summed E-state index contributed by atoms with van der Waals surface area (Å²) in [6.45, 7) is 0. The van der Waals surface area contributed by atoms with Crippen molar-refractivity contribution in [3.63, 3.8) is 0 Å². The van der Waals surface area contributed by atoms with Crippen LogP contribution < -0.4 is 5.73 Å². The minimum absolute atomic E-state index is 0.372. The molecule has 2 aromatic rings. The minimum atomic E-state index is -2.36. The van der Waals surface area contributed by atoms with Gasteiger partial charge in [0, 0.05) is 0 Å². The number of halogens is 7. The van der Waals surface area contributed by atoms with Crippen molar-refractivity contribution in [1.29, 1.82) is 0 Å². The molecule has 0 unspecified atom stereocenters. The molecule has 0 atom stereocenters. The van der Waals surface area contributed by atoms with Crippen LogP contribution in [0.5, 0.6) is 0 Å². The Labute approximate surface area is 107 Å². The first-order valence-electron chi connectivity index (χ1n) is 5.02. The maximum Gasteiger partial charge on any atom is 0.200 e. The Hall–Kier alpha value is -2.25. The largest absolute Gasteiger partial charge is 0.394 e. The van der Waals surface area contributed by atoms with Gasteiger partial charge in [-0.05, 0) is 17.7 Å². The lowest BCUT2D eigenvalue weighted by molar-refractivity contribution is 0.381. The molecule has 0 aliphatic rings. The van der Waals surface area contributed by atoms with Gasteiger partial charge in [0.2, 0.25) is 5.82 Å². The molecule has 2 N–H and O–H groups in total. The van der Waals surface area contributed by atoms with E-state index in [2.05, 4.69) is 0 Å². The second kappa shape index (κ2) is 4.69. The first-order chi connectivity index (χ1) is 9.25. The predicted molar refractivity (Wildman–Crippen MR) is 56.0 cm³/mol. The van der Waals surface area contributed by atoms with Gasteiger partial charge in [-0.2, -0.15) is 0 Å². The number of anilines is 1. The normalized spacial score (nSPS) is 10.9. The number of hydrogen-bond acceptors (Lipinski definition) is 1. The Morgan fingerprint density at radius 1 is 0.600 bits per heavy atom. The van der Waals surface area contributed by atoms with E-state index in [9.17, 15) is 30.7 Å². The van der Waals surface area contributed by atoms with E-state index in [0.29, 0.717) is 12.1 Å². The summed E-state index contributed by atoms with van der Waals surface area (Å²) in [6, 6.07) is 0.743. The molecular formula is C12H4F7N. The van der Waals surface area contributed by atoms with Crippen LogP contribution in [-0.4, -0.2) is 0 Å². The van der Waals surface area contributed by atoms with E-state index in [-0.39, 0.29) is 0 Å². The molecule has 0 saturated carbocycles. The Kier molecular flexibility index (Phi) is 3.33. The van der Waals surface area contributed by atoms with Crippen LogP contribution >= 0.6 is 0 Å². The van der Waals surface area contributed by atoms with E-state index in [1.165, 1.54) is 0 Å². The van der Waals surface area contributed by atoms with Gasteiger partial charge in [0.15, 0.2) is 23.3 Å². The fourth-order valence-corrected chi connectivity index (χ4v) is 1.59. The molecule has 1 nitrogen and oxygen atoms in total. The number of nitrogen functional groups attached to an aromatic ring is 1. The molecule has 0 heterocycles. The quantitative estimate of drug-likeness (QED) is 0.367. The highest BCUT2D eigenvalue weighted by molar-refractivity contribution is 5.68. The van der Waals surface area contributed by atoms with Crippen LogP contribution in [0.2, 0.25) is 0 Å². The topological polar surface area (TPSA) is 26.0 Å². The summed E-state index contributed by atoms with van der Waals surface area (Å²) < 4.78 is 92.1. The van der Waals surface area contributed by atoms with E-state index in [1.54, 1.807) is 0 Å². The maximum absolute atomic E-state index is 13.5. The van der Waals surface area contributed by atoms with Gasteiger partial charge < -0.3 is 5.73 Å². The number of nitrogens with two attached hydrogens (primary N) is 1. The van der Waals surface area contributed by atoms with Gasteiger partial charge in [-0.25, -0.2) is 30.7 Å². The van der Waals surface area contributed by atoms with Crippen molar-refractivity contribution in [3.8, 4) is 11.1 Å². The SMILES string of the molecule is Nc1c(F)cc(-c2c(F)c(F)c(F)c(F)c2F)cc1F. The third-order valence-electron chi connectivity index (χ3n) is 2.58. The molecule has 8 heteroatoms. The van der Waals surface area contributed by atoms with Gasteiger partial charge >= 0.3 is 0 Å². The van der Waals surface area contributed by atoms with Crippen molar-refractivity contribution in [2.24, 2.45) is 0 Å². The molecule has 0 amide bonds. The third kappa shape index (κ3) is 1.97. The molecule has 0 bridgehead atoms. The summed E-state index contributed by atoms with van der Waals surface area (Å²) in [5.74, 6) is -13.9. The lowest BCUT2D eigenvalue weighted by Gasteiger charge is -2.09. The van der Waals surface area contributed by atoms with Crippen LogP contribution in [-0.2, 0) is 0 Å². The molecule has 0 spiro atoms. The standard InChI is InChI=1S/C12H4F7N/c13-4-1-3(2-5(14)12(4)20)6-7(15)9(17)11(19)10(18)8(6)16/h1-2H,20H2. The first-order valence-corrected chi connectivity index (χ1v) is 5.02. The number of hydrogen-bond donors (Lipinski definition) is 1. The Balaban J connectivity index is 2.83. The van der Waals surface area contributed by atoms with E-state index in [1.807, 2.05) is 0 Å². The first kappa shape index (κ1) is 14.2. The van der Waals surface area contributed by atoms with Crippen LogP contribution in [0.25, 0.3) is 11.1 Å². The smallest absolute Gasteiger partial charge is 0.200 e. The second-order valence-corrected chi connectivity index (χ2v) is 3.80. The summed E-state index contributed by atoms with van der Waals surface area (Å²) >= 11 is 0. The number of benzene rings is 2. The molecule has 0 aromatic heterocycles. The molecule has 0 saturated heterocycles. The van der Waals surface area contributed by atoms with E-state index in [0.717, 1.165) is 0 Å². The lowest BCUT2D eigenvalue weighted by atomic mass is 10.0. The highest BCUT2D eigenvalue weighted by Gasteiger charge is 2.27.